The summed E-state index contributed by atoms with van der Waals surface area (Å²) in [4.78, 5) is 15.4. The lowest BCUT2D eigenvalue weighted by Crippen LogP contribution is -2.01. The number of para-hydroxylation sites is 3. The largest absolute Gasteiger partial charge is 0.456 e. The van der Waals surface area contributed by atoms with Crippen molar-refractivity contribution in [1.29, 1.82) is 0 Å². The van der Waals surface area contributed by atoms with Gasteiger partial charge in [0.2, 0.25) is 0 Å². The quantitative estimate of drug-likeness (QED) is 0.161. The second kappa shape index (κ2) is 14.7. The minimum absolute atomic E-state index is 0.0783. The molecule has 12 aromatic rings. The van der Waals surface area contributed by atoms with E-state index in [2.05, 4.69) is 66.7 Å². The first-order valence-electron chi connectivity index (χ1n) is 22.5. The fourth-order valence-electron chi connectivity index (χ4n) is 8.65. The van der Waals surface area contributed by atoms with Crippen molar-refractivity contribution in [2.75, 3.05) is 0 Å². The van der Waals surface area contributed by atoms with Gasteiger partial charge in [-0.2, -0.15) is 0 Å². The van der Waals surface area contributed by atoms with Gasteiger partial charge in [-0.3, -0.25) is 0 Å². The molecule has 3 heterocycles. The molecule has 3 aromatic heterocycles. The maximum Gasteiger partial charge on any atom is 0.164 e. The number of furan rings is 1. The highest BCUT2D eigenvalue weighted by Gasteiger charge is 2.20. The highest BCUT2D eigenvalue weighted by molar-refractivity contribution is 6.14. The summed E-state index contributed by atoms with van der Waals surface area (Å²) in [6.07, 6.45) is 0. The van der Waals surface area contributed by atoms with Crippen LogP contribution in [-0.4, -0.2) is 19.5 Å². The molecule has 9 aromatic carbocycles. The van der Waals surface area contributed by atoms with Crippen LogP contribution in [0.25, 0.3) is 117 Å². The molecule has 0 N–H and O–H groups in total. The zero-order valence-corrected chi connectivity index (χ0v) is 33.2. The molecule has 0 aliphatic heterocycles. The second-order valence-corrected chi connectivity index (χ2v) is 15.3. The van der Waals surface area contributed by atoms with Crippen molar-refractivity contribution in [1.82, 2.24) is 19.5 Å². The highest BCUT2D eigenvalue weighted by Crippen LogP contribution is 2.40. The van der Waals surface area contributed by atoms with E-state index in [1.165, 1.54) is 0 Å². The van der Waals surface area contributed by atoms with Gasteiger partial charge in [-0.1, -0.05) is 176 Å². The lowest BCUT2D eigenvalue weighted by molar-refractivity contribution is 0.669. The Morgan fingerprint density at radius 2 is 0.871 bits per heavy atom. The predicted molar refractivity (Wildman–Crippen MR) is 254 cm³/mol. The van der Waals surface area contributed by atoms with Gasteiger partial charge in [0, 0.05) is 49.5 Å². The van der Waals surface area contributed by atoms with Crippen LogP contribution in [0.4, 0.5) is 0 Å². The third-order valence-electron chi connectivity index (χ3n) is 11.6. The molecule has 12 rings (SSSR count). The molecule has 0 spiro atoms. The van der Waals surface area contributed by atoms with E-state index in [9.17, 15) is 1.37 Å². The molecular weight excluding hydrogens is 757 g/mol. The van der Waals surface area contributed by atoms with Gasteiger partial charge in [-0.05, 0) is 70.3 Å². The molecule has 0 aliphatic rings. The standard InChI is InChI=1S/C57H36N4O/c1-3-13-37(14-4-1)39-25-29-41(30-26-39)45-19-11-20-47-46-17-7-9-22-50(46)61(54(45)47)44-35-33-43(34-36-44)56-58-55(42-31-27-40(28-32-42)38-15-5-2-6-16-38)59-57(60-56)49-21-12-24-52-53(49)48-18-8-10-23-51(48)62-52/h1-36H/i7D,9D,17D,22D. The minimum Gasteiger partial charge on any atom is -0.456 e. The molecule has 290 valence electrons. The van der Waals surface area contributed by atoms with Crippen molar-refractivity contribution in [2.45, 2.75) is 0 Å². The molecular formula is C57H36N4O. The Labute approximate surface area is 363 Å². The lowest BCUT2D eigenvalue weighted by Gasteiger charge is -2.13. The Balaban J connectivity index is 1.03. The third kappa shape index (κ3) is 6.06. The van der Waals surface area contributed by atoms with Crippen molar-refractivity contribution in [3.63, 3.8) is 0 Å². The molecule has 0 saturated heterocycles. The number of rotatable bonds is 7. The van der Waals surface area contributed by atoms with Crippen LogP contribution >= 0.6 is 0 Å². The topological polar surface area (TPSA) is 56.7 Å². The first-order chi connectivity index (χ1) is 32.4. The van der Waals surface area contributed by atoms with Crippen molar-refractivity contribution >= 4 is 43.7 Å². The summed E-state index contributed by atoms with van der Waals surface area (Å²) in [6.45, 7) is 0. The van der Waals surface area contributed by atoms with Crippen LogP contribution in [0.3, 0.4) is 0 Å². The van der Waals surface area contributed by atoms with E-state index in [1.807, 2.05) is 132 Å². The van der Waals surface area contributed by atoms with E-state index in [4.69, 9.17) is 23.5 Å². The number of hydrogen-bond donors (Lipinski definition) is 0. The fraction of sp³-hybridized carbons (Fsp3) is 0. The van der Waals surface area contributed by atoms with Crippen LogP contribution in [0.5, 0.6) is 0 Å². The van der Waals surface area contributed by atoms with Gasteiger partial charge < -0.3 is 8.98 Å². The molecule has 0 radical (unpaired) electrons. The van der Waals surface area contributed by atoms with Crippen LogP contribution in [0.15, 0.2) is 223 Å². The molecule has 0 fully saturated rings. The number of aromatic nitrogens is 4. The van der Waals surface area contributed by atoms with Gasteiger partial charge in [-0.15, -0.1) is 0 Å². The molecule has 0 atom stereocenters. The first-order valence-corrected chi connectivity index (χ1v) is 20.5. The Hall–Kier alpha value is -8.41. The van der Waals surface area contributed by atoms with Crippen LogP contribution in [-0.2, 0) is 0 Å². The molecule has 0 unspecified atom stereocenters. The van der Waals surface area contributed by atoms with Gasteiger partial charge in [0.25, 0.3) is 0 Å². The zero-order chi connectivity index (χ0) is 44.5. The Morgan fingerprint density at radius 1 is 0.371 bits per heavy atom. The van der Waals surface area contributed by atoms with E-state index in [-0.39, 0.29) is 24.2 Å². The predicted octanol–water partition coefficient (Wildman–Crippen LogP) is 14.9. The lowest BCUT2D eigenvalue weighted by atomic mass is 9.98. The monoisotopic (exact) mass is 796 g/mol. The summed E-state index contributed by atoms with van der Waals surface area (Å²) >= 11 is 0. The maximum atomic E-state index is 9.25. The van der Waals surface area contributed by atoms with Crippen molar-refractivity contribution in [3.8, 4) is 73.2 Å². The van der Waals surface area contributed by atoms with Gasteiger partial charge >= 0.3 is 0 Å². The molecule has 62 heavy (non-hydrogen) atoms. The number of benzene rings is 9. The summed E-state index contributed by atoms with van der Waals surface area (Å²) in [6, 6.07) is 64.1. The summed E-state index contributed by atoms with van der Waals surface area (Å²) in [5, 5.41) is 3.09. The summed E-state index contributed by atoms with van der Waals surface area (Å²) in [7, 11) is 0. The molecule has 0 amide bonds. The van der Waals surface area contributed by atoms with E-state index >= 15 is 0 Å². The highest BCUT2D eigenvalue weighted by atomic mass is 16.3. The SMILES string of the molecule is [2H]c1c([2H])c([2H])c2c(c1[2H])c1cccc(-c3ccc(-c4ccccc4)cc3)c1n2-c1ccc(-c2nc(-c3ccc(-c4ccccc4)cc3)nc(-c3cccc4oc5ccccc5c34)n2)cc1. The van der Waals surface area contributed by atoms with Gasteiger partial charge in [0.05, 0.1) is 16.5 Å². The Kier molecular flexibility index (Phi) is 7.47. The van der Waals surface area contributed by atoms with Crippen molar-refractivity contribution in [3.05, 3.63) is 218 Å². The first kappa shape index (κ1) is 31.5. The van der Waals surface area contributed by atoms with Crippen LogP contribution < -0.4 is 0 Å². The molecule has 5 nitrogen and oxygen atoms in total. The number of nitrogens with zero attached hydrogens (tertiary/aromatic N) is 4. The van der Waals surface area contributed by atoms with Gasteiger partial charge in [-0.25, -0.2) is 15.0 Å². The fourth-order valence-corrected chi connectivity index (χ4v) is 8.65. The summed E-state index contributed by atoms with van der Waals surface area (Å²) < 4.78 is 44.0. The van der Waals surface area contributed by atoms with E-state index in [0.717, 1.165) is 88.6 Å². The summed E-state index contributed by atoms with van der Waals surface area (Å²) in [5.41, 5.74) is 12.1. The van der Waals surface area contributed by atoms with Gasteiger partial charge in [0.15, 0.2) is 17.5 Å². The zero-order valence-electron chi connectivity index (χ0n) is 37.2. The van der Waals surface area contributed by atoms with E-state index < -0.39 is 0 Å². The average molecular weight is 797 g/mol. The van der Waals surface area contributed by atoms with Crippen LogP contribution in [0.1, 0.15) is 5.48 Å². The minimum atomic E-state index is -0.288. The van der Waals surface area contributed by atoms with Crippen LogP contribution in [0, 0.1) is 0 Å². The molecule has 0 bridgehead atoms. The third-order valence-corrected chi connectivity index (χ3v) is 11.6. The molecule has 0 aliphatic carbocycles. The average Bonchev–Trinajstić information content (AvgIpc) is 3.95. The van der Waals surface area contributed by atoms with Crippen molar-refractivity contribution < 1.29 is 9.90 Å². The van der Waals surface area contributed by atoms with Crippen LogP contribution in [0.2, 0.25) is 0 Å². The normalized spacial score (nSPS) is 12.5. The number of hydrogen-bond acceptors (Lipinski definition) is 4. The molecule has 5 heteroatoms. The van der Waals surface area contributed by atoms with E-state index in [1.54, 1.807) is 0 Å². The second-order valence-electron chi connectivity index (χ2n) is 15.3. The molecule has 0 saturated carbocycles. The van der Waals surface area contributed by atoms with Crippen molar-refractivity contribution in [2.24, 2.45) is 0 Å². The van der Waals surface area contributed by atoms with Gasteiger partial charge in [0.1, 0.15) is 11.2 Å². The maximum absolute atomic E-state index is 9.25. The Morgan fingerprint density at radius 3 is 1.56 bits per heavy atom. The smallest absolute Gasteiger partial charge is 0.164 e. The summed E-state index contributed by atoms with van der Waals surface area (Å²) in [5.74, 6) is 1.50. The van der Waals surface area contributed by atoms with E-state index in [0.29, 0.717) is 28.4 Å². The number of fused-ring (bicyclic) bond motifs is 6. The Bertz CT molecular complexity index is 3830.